The molecule has 0 aromatic carbocycles. The van der Waals surface area contributed by atoms with E-state index in [9.17, 15) is 14.4 Å². The molecule has 5 nitrogen and oxygen atoms in total. The maximum Gasteiger partial charge on any atom is 0.233 e. The summed E-state index contributed by atoms with van der Waals surface area (Å²) < 4.78 is 0. The fourth-order valence-corrected chi connectivity index (χ4v) is 5.19. The summed E-state index contributed by atoms with van der Waals surface area (Å²) in [7, 11) is 0. The Bertz CT molecular complexity index is 614. The molecular weight excluding hydrogens is 352 g/mol. The third-order valence-electron chi connectivity index (χ3n) is 7.41. The summed E-state index contributed by atoms with van der Waals surface area (Å²) >= 11 is 0. The lowest BCUT2D eigenvalue weighted by atomic mass is 9.79. The highest BCUT2D eigenvalue weighted by atomic mass is 16.2. The Kier molecular flexibility index (Phi) is 6.21. The predicted molar refractivity (Wildman–Crippen MR) is 109 cm³/mol. The molecule has 0 spiro atoms. The van der Waals surface area contributed by atoms with E-state index in [1.54, 1.807) is 0 Å². The normalized spacial score (nSPS) is 31.9. The lowest BCUT2D eigenvalue weighted by Crippen LogP contribution is -2.40. The van der Waals surface area contributed by atoms with Crippen molar-refractivity contribution in [2.75, 3.05) is 19.6 Å². The highest BCUT2D eigenvalue weighted by Gasteiger charge is 2.45. The van der Waals surface area contributed by atoms with Gasteiger partial charge in [0.25, 0.3) is 0 Å². The summed E-state index contributed by atoms with van der Waals surface area (Å²) in [4.78, 5) is 41.6. The first-order chi connectivity index (χ1) is 13.1. The molecule has 1 aliphatic carbocycles. The van der Waals surface area contributed by atoms with Crippen LogP contribution in [-0.2, 0) is 14.4 Å². The lowest BCUT2D eigenvalue weighted by molar-refractivity contribution is -0.142. The molecule has 0 N–H and O–H groups in total. The van der Waals surface area contributed by atoms with E-state index in [1.165, 1.54) is 4.90 Å². The Labute approximate surface area is 170 Å². The van der Waals surface area contributed by atoms with E-state index in [0.717, 1.165) is 45.2 Å². The second-order valence-corrected chi connectivity index (χ2v) is 10.8. The average Bonchev–Trinajstić information content (AvgIpc) is 3.22. The highest BCUT2D eigenvalue weighted by Crippen LogP contribution is 2.38. The smallest absolute Gasteiger partial charge is 0.233 e. The molecule has 2 unspecified atom stereocenters. The van der Waals surface area contributed by atoms with Crippen LogP contribution in [0, 0.1) is 35.0 Å². The maximum atomic E-state index is 12.9. The Balaban J connectivity index is 1.49. The second-order valence-electron chi connectivity index (χ2n) is 10.8. The first kappa shape index (κ1) is 21.3. The number of carbonyl (C=O) groups is 3. The van der Waals surface area contributed by atoms with Crippen LogP contribution < -0.4 is 0 Å². The molecule has 5 heteroatoms. The van der Waals surface area contributed by atoms with Crippen molar-refractivity contribution in [3.8, 4) is 0 Å². The molecule has 2 saturated heterocycles. The second kappa shape index (κ2) is 8.16. The molecule has 2 atom stereocenters. The lowest BCUT2D eigenvalue weighted by Gasteiger charge is -2.32. The van der Waals surface area contributed by atoms with Gasteiger partial charge in [-0.25, -0.2) is 0 Å². The van der Waals surface area contributed by atoms with E-state index < -0.39 is 0 Å². The van der Waals surface area contributed by atoms with E-state index in [2.05, 4.69) is 18.7 Å². The summed E-state index contributed by atoms with van der Waals surface area (Å²) in [6.45, 7) is 13.0. The van der Waals surface area contributed by atoms with Gasteiger partial charge in [-0.3, -0.25) is 19.3 Å². The van der Waals surface area contributed by atoms with Gasteiger partial charge in [-0.1, -0.05) is 34.6 Å². The molecule has 0 aromatic rings. The zero-order chi connectivity index (χ0) is 20.6. The SMILES string of the molecule is CC(C)C1CCN(C(=O)C2CCC(CN3C(=O)CC(C(C)(C)C)C3=O)CC2)C1. The van der Waals surface area contributed by atoms with Gasteiger partial charge in [0.15, 0.2) is 0 Å². The minimum atomic E-state index is -0.193. The minimum absolute atomic E-state index is 0.00694. The van der Waals surface area contributed by atoms with Gasteiger partial charge in [-0.05, 0) is 55.3 Å². The van der Waals surface area contributed by atoms with E-state index in [-0.39, 0.29) is 29.1 Å². The van der Waals surface area contributed by atoms with Crippen molar-refractivity contribution >= 4 is 17.7 Å². The Hall–Kier alpha value is -1.39. The van der Waals surface area contributed by atoms with Crippen molar-refractivity contribution in [1.82, 2.24) is 9.80 Å². The number of likely N-dealkylation sites (tertiary alicyclic amines) is 2. The molecule has 158 valence electrons. The van der Waals surface area contributed by atoms with Crippen molar-refractivity contribution in [2.45, 2.75) is 73.1 Å². The summed E-state index contributed by atoms with van der Waals surface area (Å²) in [6.07, 6.45) is 5.15. The topological polar surface area (TPSA) is 57.7 Å². The Morgan fingerprint density at radius 3 is 2.21 bits per heavy atom. The van der Waals surface area contributed by atoms with E-state index >= 15 is 0 Å². The van der Waals surface area contributed by atoms with Crippen molar-refractivity contribution < 1.29 is 14.4 Å². The van der Waals surface area contributed by atoms with Crippen LogP contribution in [0.5, 0.6) is 0 Å². The third-order valence-corrected chi connectivity index (χ3v) is 7.41. The number of hydrogen-bond donors (Lipinski definition) is 0. The predicted octanol–water partition coefficient (Wildman–Crippen LogP) is 3.72. The first-order valence-corrected chi connectivity index (χ1v) is 11.2. The van der Waals surface area contributed by atoms with Crippen molar-refractivity contribution in [1.29, 1.82) is 0 Å². The maximum absolute atomic E-state index is 12.9. The largest absolute Gasteiger partial charge is 0.342 e. The summed E-state index contributed by atoms with van der Waals surface area (Å²) in [6, 6.07) is 0. The first-order valence-electron chi connectivity index (χ1n) is 11.2. The highest BCUT2D eigenvalue weighted by molar-refractivity contribution is 6.03. The van der Waals surface area contributed by atoms with Crippen LogP contribution in [0.2, 0.25) is 0 Å². The standard InChI is InChI=1S/C23H38N2O3/c1-15(2)18-10-11-24(14-18)21(27)17-8-6-16(7-9-17)13-25-20(26)12-19(22(25)28)23(3,4)5/h15-19H,6-14H2,1-5H3. The molecule has 0 aromatic heterocycles. The molecule has 28 heavy (non-hydrogen) atoms. The molecular formula is C23H38N2O3. The van der Waals surface area contributed by atoms with Gasteiger partial charge < -0.3 is 4.90 Å². The van der Waals surface area contributed by atoms with E-state index in [0.29, 0.717) is 36.6 Å². The molecule has 3 rings (SSSR count). The molecule has 0 radical (unpaired) electrons. The number of carbonyl (C=O) groups excluding carboxylic acids is 3. The zero-order valence-corrected chi connectivity index (χ0v) is 18.4. The fraction of sp³-hybridized carbons (Fsp3) is 0.870. The van der Waals surface area contributed by atoms with Gasteiger partial charge in [0.05, 0.1) is 5.92 Å². The van der Waals surface area contributed by atoms with Crippen LogP contribution in [0.1, 0.15) is 73.1 Å². The number of hydrogen-bond acceptors (Lipinski definition) is 3. The zero-order valence-electron chi connectivity index (χ0n) is 18.4. The summed E-state index contributed by atoms with van der Waals surface area (Å²) in [5.41, 5.74) is -0.171. The summed E-state index contributed by atoms with van der Waals surface area (Å²) in [5.74, 6) is 1.90. The van der Waals surface area contributed by atoms with Crippen molar-refractivity contribution in [2.24, 2.45) is 35.0 Å². The molecule has 3 amide bonds. The van der Waals surface area contributed by atoms with Crippen LogP contribution in [0.15, 0.2) is 0 Å². The molecule has 1 saturated carbocycles. The van der Waals surface area contributed by atoms with Crippen LogP contribution in [-0.4, -0.2) is 47.2 Å². The van der Waals surface area contributed by atoms with Gasteiger partial charge in [-0.2, -0.15) is 0 Å². The molecule has 2 aliphatic heterocycles. The Morgan fingerprint density at radius 2 is 1.71 bits per heavy atom. The van der Waals surface area contributed by atoms with Gasteiger partial charge in [0, 0.05) is 32.0 Å². The van der Waals surface area contributed by atoms with E-state index in [1.807, 2.05) is 20.8 Å². The fourth-order valence-electron chi connectivity index (χ4n) is 5.19. The van der Waals surface area contributed by atoms with Gasteiger partial charge in [-0.15, -0.1) is 0 Å². The monoisotopic (exact) mass is 390 g/mol. The van der Waals surface area contributed by atoms with Gasteiger partial charge in [0.2, 0.25) is 17.7 Å². The van der Waals surface area contributed by atoms with Crippen LogP contribution in [0.3, 0.4) is 0 Å². The Morgan fingerprint density at radius 1 is 1.07 bits per heavy atom. The third kappa shape index (κ3) is 4.44. The summed E-state index contributed by atoms with van der Waals surface area (Å²) in [5, 5.41) is 0. The van der Waals surface area contributed by atoms with Crippen molar-refractivity contribution in [3.63, 3.8) is 0 Å². The molecule has 3 aliphatic rings. The molecule has 2 heterocycles. The van der Waals surface area contributed by atoms with Crippen LogP contribution >= 0.6 is 0 Å². The van der Waals surface area contributed by atoms with Gasteiger partial charge in [0.1, 0.15) is 0 Å². The number of rotatable bonds is 4. The molecule has 0 bridgehead atoms. The van der Waals surface area contributed by atoms with Crippen molar-refractivity contribution in [3.05, 3.63) is 0 Å². The average molecular weight is 391 g/mol. The number of amides is 3. The quantitative estimate of drug-likeness (QED) is 0.688. The minimum Gasteiger partial charge on any atom is -0.342 e. The molecule has 3 fully saturated rings. The van der Waals surface area contributed by atoms with Gasteiger partial charge >= 0.3 is 0 Å². The van der Waals surface area contributed by atoms with E-state index in [4.69, 9.17) is 0 Å². The number of imide groups is 1. The van der Waals surface area contributed by atoms with Crippen LogP contribution in [0.25, 0.3) is 0 Å². The number of nitrogens with zero attached hydrogens (tertiary/aromatic N) is 2. The van der Waals surface area contributed by atoms with Crippen LogP contribution in [0.4, 0.5) is 0 Å².